The lowest BCUT2D eigenvalue weighted by Crippen LogP contribution is -2.04. The highest BCUT2D eigenvalue weighted by Crippen LogP contribution is 2.24. The first-order valence-electron chi connectivity index (χ1n) is 7.53. The molecule has 1 heteroatoms. The smallest absolute Gasteiger partial charge is 0.163 e. The van der Waals surface area contributed by atoms with Crippen LogP contribution in [0.25, 0.3) is 0 Å². The van der Waals surface area contributed by atoms with Crippen molar-refractivity contribution in [1.29, 1.82) is 0 Å². The van der Waals surface area contributed by atoms with Crippen LogP contribution in [0.15, 0.2) is 23.4 Å². The standard InChI is InChI=1S/C15H15O.2C2H6/c1-10-7-8-11(2)15-9-13(12(3)16)5-4-6-14(10)15;2*1-2/h7-8H,6,9H2,1-3H3;2*1-2H3. The first-order chi connectivity index (χ1) is 9.59. The highest BCUT2D eigenvalue weighted by atomic mass is 16.1. The number of fused-ring (bicyclic) bond motifs is 1. The average Bonchev–Trinajstić information content (AvgIpc) is 2.71. The van der Waals surface area contributed by atoms with Crippen molar-refractivity contribution in [2.24, 2.45) is 0 Å². The maximum absolute atomic E-state index is 11.4. The number of carbonyl (C=O) groups is 1. The van der Waals surface area contributed by atoms with Crippen molar-refractivity contribution in [2.45, 2.75) is 61.3 Å². The number of hydrogen-bond donors (Lipinski definition) is 0. The van der Waals surface area contributed by atoms with E-state index in [9.17, 15) is 4.79 Å². The van der Waals surface area contributed by atoms with E-state index < -0.39 is 0 Å². The van der Waals surface area contributed by atoms with Gasteiger partial charge in [-0.05, 0) is 43.0 Å². The Balaban J connectivity index is 0.000000829. The van der Waals surface area contributed by atoms with Gasteiger partial charge in [0.2, 0.25) is 0 Å². The number of ketones is 1. The minimum Gasteiger partial charge on any atom is -0.294 e. The summed E-state index contributed by atoms with van der Waals surface area (Å²) in [5.41, 5.74) is 8.86. The molecular formula is C19H27O. The van der Waals surface area contributed by atoms with E-state index in [1.165, 1.54) is 22.3 Å². The summed E-state index contributed by atoms with van der Waals surface area (Å²) in [6, 6.07) is 4.26. The van der Waals surface area contributed by atoms with Gasteiger partial charge in [-0.15, -0.1) is 5.73 Å². The fourth-order valence-electron chi connectivity index (χ4n) is 2.09. The fourth-order valence-corrected chi connectivity index (χ4v) is 2.09. The highest BCUT2D eigenvalue weighted by Gasteiger charge is 2.14. The van der Waals surface area contributed by atoms with Crippen LogP contribution in [0.5, 0.6) is 0 Å². The molecule has 1 radical (unpaired) electrons. The molecule has 0 amide bonds. The molecule has 0 fully saturated rings. The van der Waals surface area contributed by atoms with Gasteiger partial charge >= 0.3 is 0 Å². The molecule has 109 valence electrons. The SMILES string of the molecule is CC.CC.CC(=O)C1=C=[C]Cc2c(C)ccc(C)c2C1. The Morgan fingerprint density at radius 1 is 1.00 bits per heavy atom. The Morgan fingerprint density at radius 2 is 1.50 bits per heavy atom. The zero-order chi connectivity index (χ0) is 15.7. The summed E-state index contributed by atoms with van der Waals surface area (Å²) in [7, 11) is 0. The second-order valence-corrected chi connectivity index (χ2v) is 4.35. The molecule has 0 N–H and O–H groups in total. The summed E-state index contributed by atoms with van der Waals surface area (Å²) in [6.07, 6.45) is 4.56. The molecule has 0 heterocycles. The molecule has 1 aliphatic carbocycles. The predicted octanol–water partition coefficient (Wildman–Crippen LogP) is 4.93. The molecule has 0 spiro atoms. The van der Waals surface area contributed by atoms with E-state index in [0.29, 0.717) is 6.42 Å². The molecule has 1 aromatic carbocycles. The monoisotopic (exact) mass is 271 g/mol. The summed E-state index contributed by atoms with van der Waals surface area (Å²) in [4.78, 5) is 11.4. The summed E-state index contributed by atoms with van der Waals surface area (Å²) in [5.74, 6) is 0.0984. The molecule has 1 aromatic rings. The number of aryl methyl sites for hydroxylation is 2. The van der Waals surface area contributed by atoms with Gasteiger partial charge < -0.3 is 0 Å². The van der Waals surface area contributed by atoms with E-state index in [-0.39, 0.29) is 5.78 Å². The average molecular weight is 271 g/mol. The summed E-state index contributed by atoms with van der Waals surface area (Å²) in [6.45, 7) is 13.8. The molecule has 1 aliphatic rings. The van der Waals surface area contributed by atoms with Crippen molar-refractivity contribution in [1.82, 2.24) is 0 Å². The lowest BCUT2D eigenvalue weighted by atomic mass is 9.91. The molecule has 0 saturated carbocycles. The molecule has 2 rings (SSSR count). The molecule has 20 heavy (non-hydrogen) atoms. The van der Waals surface area contributed by atoms with Gasteiger partial charge in [-0.3, -0.25) is 4.79 Å². The van der Waals surface area contributed by atoms with E-state index in [1.807, 2.05) is 27.7 Å². The third-order valence-electron chi connectivity index (χ3n) is 3.18. The van der Waals surface area contributed by atoms with Gasteiger partial charge in [0, 0.05) is 24.5 Å². The van der Waals surface area contributed by atoms with Crippen LogP contribution in [-0.2, 0) is 17.6 Å². The minimum atomic E-state index is 0.0984. The molecule has 0 atom stereocenters. The van der Waals surface area contributed by atoms with Crippen molar-refractivity contribution < 1.29 is 4.79 Å². The Kier molecular flexibility index (Phi) is 8.59. The van der Waals surface area contributed by atoms with Crippen LogP contribution >= 0.6 is 0 Å². The van der Waals surface area contributed by atoms with Crippen molar-refractivity contribution in [3.05, 3.63) is 51.8 Å². The van der Waals surface area contributed by atoms with Crippen molar-refractivity contribution in [2.75, 3.05) is 0 Å². The van der Waals surface area contributed by atoms with Crippen molar-refractivity contribution in [3.8, 4) is 0 Å². The van der Waals surface area contributed by atoms with Gasteiger partial charge in [0.05, 0.1) is 0 Å². The molecule has 0 saturated heterocycles. The van der Waals surface area contributed by atoms with E-state index >= 15 is 0 Å². The number of benzene rings is 1. The maximum Gasteiger partial charge on any atom is 0.163 e. The van der Waals surface area contributed by atoms with Gasteiger partial charge in [0.25, 0.3) is 0 Å². The van der Waals surface area contributed by atoms with Gasteiger partial charge in [0.1, 0.15) is 0 Å². The summed E-state index contributed by atoms with van der Waals surface area (Å²) < 4.78 is 0. The number of rotatable bonds is 1. The molecule has 1 nitrogen and oxygen atoms in total. The fraction of sp³-hybridized carbons (Fsp3) is 0.474. The van der Waals surface area contributed by atoms with Gasteiger partial charge in [-0.1, -0.05) is 39.8 Å². The predicted molar refractivity (Wildman–Crippen MR) is 87.0 cm³/mol. The second-order valence-electron chi connectivity index (χ2n) is 4.35. The van der Waals surface area contributed by atoms with E-state index in [0.717, 1.165) is 12.0 Å². The van der Waals surface area contributed by atoms with E-state index in [4.69, 9.17) is 0 Å². The zero-order valence-corrected chi connectivity index (χ0v) is 14.0. The number of carbonyl (C=O) groups excluding carboxylic acids is 1. The lowest BCUT2D eigenvalue weighted by Gasteiger charge is -2.12. The normalized spacial score (nSPS) is 11.8. The number of Topliss-reactive ketones (excluding diaryl/α,β-unsaturated/α-hetero) is 1. The van der Waals surface area contributed by atoms with Crippen LogP contribution < -0.4 is 0 Å². The van der Waals surface area contributed by atoms with Crippen molar-refractivity contribution >= 4 is 5.78 Å². The van der Waals surface area contributed by atoms with Crippen LogP contribution in [0.1, 0.15) is 56.9 Å². The largest absolute Gasteiger partial charge is 0.294 e. The van der Waals surface area contributed by atoms with Gasteiger partial charge in [-0.25, -0.2) is 0 Å². The first kappa shape index (κ1) is 18.4. The summed E-state index contributed by atoms with van der Waals surface area (Å²) >= 11 is 0. The van der Waals surface area contributed by atoms with Crippen molar-refractivity contribution in [3.63, 3.8) is 0 Å². The number of allylic oxidation sites excluding steroid dienone is 1. The quantitative estimate of drug-likeness (QED) is 0.662. The van der Waals surface area contributed by atoms with E-state index in [2.05, 4.69) is 37.8 Å². The number of hydrogen-bond acceptors (Lipinski definition) is 1. The van der Waals surface area contributed by atoms with Crippen LogP contribution in [0.3, 0.4) is 0 Å². The zero-order valence-electron chi connectivity index (χ0n) is 14.0. The van der Waals surface area contributed by atoms with E-state index in [1.54, 1.807) is 6.92 Å². The van der Waals surface area contributed by atoms with Crippen LogP contribution in [0.2, 0.25) is 0 Å². The third kappa shape index (κ3) is 4.51. The first-order valence-corrected chi connectivity index (χ1v) is 7.53. The summed E-state index contributed by atoms with van der Waals surface area (Å²) in [5, 5.41) is 0. The minimum absolute atomic E-state index is 0.0984. The molecular weight excluding hydrogens is 244 g/mol. The topological polar surface area (TPSA) is 17.1 Å². The third-order valence-corrected chi connectivity index (χ3v) is 3.18. The Morgan fingerprint density at radius 3 is 2.00 bits per heavy atom. The van der Waals surface area contributed by atoms with Gasteiger partial charge in [0.15, 0.2) is 5.78 Å². The highest BCUT2D eigenvalue weighted by molar-refractivity contribution is 5.93. The Labute approximate surface area is 124 Å². The maximum atomic E-state index is 11.4. The second kappa shape index (κ2) is 9.34. The molecule has 0 aromatic heterocycles. The Bertz CT molecular complexity index is 515. The van der Waals surface area contributed by atoms with Crippen LogP contribution in [0.4, 0.5) is 0 Å². The van der Waals surface area contributed by atoms with Crippen LogP contribution in [0, 0.1) is 19.9 Å². The van der Waals surface area contributed by atoms with Gasteiger partial charge in [-0.2, -0.15) is 0 Å². The lowest BCUT2D eigenvalue weighted by molar-refractivity contribution is -0.113. The Hall–Kier alpha value is -1.59. The molecule has 0 aliphatic heterocycles. The molecule has 0 unspecified atom stereocenters. The van der Waals surface area contributed by atoms with Crippen LogP contribution in [-0.4, -0.2) is 5.78 Å². The molecule has 0 bridgehead atoms.